The highest BCUT2D eigenvalue weighted by molar-refractivity contribution is 6.04. The average molecular weight is 375 g/mol. The molecule has 2 aliphatic heterocycles. The van der Waals surface area contributed by atoms with Crippen molar-refractivity contribution in [3.8, 4) is 5.75 Å². The molecule has 1 amide bonds. The van der Waals surface area contributed by atoms with Crippen LogP contribution >= 0.6 is 0 Å². The predicted molar refractivity (Wildman–Crippen MR) is 98.3 cm³/mol. The summed E-state index contributed by atoms with van der Waals surface area (Å²) in [5, 5.41) is 11.8. The number of fused-ring (bicyclic) bond motifs is 1. The van der Waals surface area contributed by atoms with Crippen molar-refractivity contribution < 1.29 is 24.3 Å². The Morgan fingerprint density at radius 3 is 2.59 bits per heavy atom. The zero-order valence-electron chi connectivity index (χ0n) is 15.8. The fourth-order valence-electron chi connectivity index (χ4n) is 3.41. The van der Waals surface area contributed by atoms with E-state index in [0.717, 1.165) is 0 Å². The van der Waals surface area contributed by atoms with Crippen LogP contribution in [0.5, 0.6) is 5.75 Å². The van der Waals surface area contributed by atoms with E-state index in [0.29, 0.717) is 42.8 Å². The lowest BCUT2D eigenvalue weighted by atomic mass is 9.82. The first-order chi connectivity index (χ1) is 12.6. The highest BCUT2D eigenvalue weighted by atomic mass is 16.6. The van der Waals surface area contributed by atoms with Gasteiger partial charge in [-0.25, -0.2) is 4.79 Å². The van der Waals surface area contributed by atoms with Gasteiger partial charge in [0.2, 0.25) is 0 Å². The number of amidine groups is 1. The molecule has 0 unspecified atom stereocenters. The molecule has 0 saturated carbocycles. The number of amides is 1. The minimum Gasteiger partial charge on any atom is -0.486 e. The van der Waals surface area contributed by atoms with E-state index in [4.69, 9.17) is 20.4 Å². The van der Waals surface area contributed by atoms with Crippen LogP contribution in [0, 0.1) is 0 Å². The van der Waals surface area contributed by atoms with E-state index in [2.05, 4.69) is 5.16 Å². The number of nitrogens with two attached hydrogens (primary N) is 1. The zero-order chi connectivity index (χ0) is 19.8. The maximum absolute atomic E-state index is 12.7. The third kappa shape index (κ3) is 3.99. The number of likely N-dealkylation sites (tertiary alicyclic amines) is 1. The molecule has 0 radical (unpaired) electrons. The highest BCUT2D eigenvalue weighted by Gasteiger charge is 2.44. The van der Waals surface area contributed by atoms with Crippen molar-refractivity contribution in [1.82, 2.24) is 4.90 Å². The number of benzene rings is 1. The van der Waals surface area contributed by atoms with Crippen molar-refractivity contribution in [1.29, 1.82) is 0 Å². The Labute approximate surface area is 157 Å². The summed E-state index contributed by atoms with van der Waals surface area (Å²) in [6.07, 6.45) is 1.00. The van der Waals surface area contributed by atoms with Crippen LogP contribution in [0.2, 0.25) is 0 Å². The number of oxime groups is 1. The Kier molecular flexibility index (Phi) is 4.75. The van der Waals surface area contributed by atoms with Gasteiger partial charge in [0.05, 0.1) is 12.0 Å². The number of carbonyl (C=O) groups excluding carboxylic acids is 2. The van der Waals surface area contributed by atoms with Crippen molar-refractivity contribution in [3.63, 3.8) is 0 Å². The van der Waals surface area contributed by atoms with Crippen LogP contribution in [0.3, 0.4) is 0 Å². The molecular formula is C19H25N3O5. The molecule has 8 heteroatoms. The number of carbonyl (C=O) groups is 2. The summed E-state index contributed by atoms with van der Waals surface area (Å²) >= 11 is 0. The van der Waals surface area contributed by atoms with Crippen LogP contribution < -0.4 is 10.5 Å². The van der Waals surface area contributed by atoms with Gasteiger partial charge in [-0.15, -0.1) is 0 Å². The van der Waals surface area contributed by atoms with Crippen molar-refractivity contribution >= 4 is 17.7 Å². The van der Waals surface area contributed by atoms with Crippen molar-refractivity contribution in [3.05, 3.63) is 29.3 Å². The SMILES string of the molecule is CC(C)(C)OC(=O)N1CCC2(CC1)CC(=O)c1cc(/C(N)=N/O)ccc1O2. The van der Waals surface area contributed by atoms with Crippen LogP contribution in [-0.4, -0.2) is 52.1 Å². The van der Waals surface area contributed by atoms with E-state index < -0.39 is 11.2 Å². The van der Waals surface area contributed by atoms with E-state index in [1.54, 1.807) is 23.1 Å². The molecule has 3 N–H and O–H groups in total. The number of hydrogen-bond acceptors (Lipinski definition) is 6. The van der Waals surface area contributed by atoms with Gasteiger partial charge >= 0.3 is 6.09 Å². The van der Waals surface area contributed by atoms with Crippen molar-refractivity contribution in [2.45, 2.75) is 51.2 Å². The number of hydrogen-bond donors (Lipinski definition) is 2. The molecule has 0 aliphatic carbocycles. The molecule has 1 saturated heterocycles. The number of Topliss-reactive ketones (excluding diaryl/α,β-unsaturated/α-hetero) is 1. The Balaban J connectivity index is 1.72. The van der Waals surface area contributed by atoms with Crippen LogP contribution in [-0.2, 0) is 4.74 Å². The monoisotopic (exact) mass is 375 g/mol. The maximum atomic E-state index is 12.7. The van der Waals surface area contributed by atoms with E-state index in [9.17, 15) is 9.59 Å². The fraction of sp³-hybridized carbons (Fsp3) is 0.526. The van der Waals surface area contributed by atoms with Crippen LogP contribution in [0.1, 0.15) is 56.0 Å². The lowest BCUT2D eigenvalue weighted by Gasteiger charge is -2.44. The molecule has 2 heterocycles. The Bertz CT molecular complexity index is 789. The topological polar surface area (TPSA) is 114 Å². The average Bonchev–Trinajstić information content (AvgIpc) is 2.60. The van der Waals surface area contributed by atoms with Gasteiger partial charge in [-0.3, -0.25) is 4.79 Å². The second-order valence-electron chi connectivity index (χ2n) is 8.05. The summed E-state index contributed by atoms with van der Waals surface area (Å²) in [6.45, 7) is 6.44. The second-order valence-corrected chi connectivity index (χ2v) is 8.05. The molecule has 3 rings (SSSR count). The van der Waals surface area contributed by atoms with E-state index in [1.807, 2.05) is 20.8 Å². The van der Waals surface area contributed by atoms with E-state index in [-0.39, 0.29) is 24.1 Å². The largest absolute Gasteiger partial charge is 0.486 e. The first-order valence-electron chi connectivity index (χ1n) is 8.95. The number of ether oxygens (including phenoxy) is 2. The molecule has 1 fully saturated rings. The maximum Gasteiger partial charge on any atom is 0.410 e. The Hall–Kier alpha value is -2.77. The lowest BCUT2D eigenvalue weighted by molar-refractivity contribution is -0.0226. The van der Waals surface area contributed by atoms with Crippen molar-refractivity contribution in [2.24, 2.45) is 10.9 Å². The minimum absolute atomic E-state index is 0.0467. The van der Waals surface area contributed by atoms with Crippen LogP contribution in [0.15, 0.2) is 23.4 Å². The fourth-order valence-corrected chi connectivity index (χ4v) is 3.41. The van der Waals surface area contributed by atoms with Gasteiger partial charge in [0.15, 0.2) is 11.6 Å². The third-order valence-corrected chi connectivity index (χ3v) is 4.82. The zero-order valence-corrected chi connectivity index (χ0v) is 15.8. The molecule has 1 aromatic carbocycles. The van der Waals surface area contributed by atoms with Gasteiger partial charge < -0.3 is 25.3 Å². The van der Waals surface area contributed by atoms with Crippen LogP contribution in [0.25, 0.3) is 0 Å². The molecular weight excluding hydrogens is 350 g/mol. The first-order valence-corrected chi connectivity index (χ1v) is 8.95. The third-order valence-electron chi connectivity index (χ3n) is 4.82. The number of piperidine rings is 1. The van der Waals surface area contributed by atoms with Gasteiger partial charge in [0.25, 0.3) is 0 Å². The van der Waals surface area contributed by atoms with Gasteiger partial charge in [-0.2, -0.15) is 0 Å². The Morgan fingerprint density at radius 2 is 2.00 bits per heavy atom. The molecule has 0 bridgehead atoms. The summed E-state index contributed by atoms with van der Waals surface area (Å²) in [5.74, 6) is 0.387. The summed E-state index contributed by atoms with van der Waals surface area (Å²) in [4.78, 5) is 26.6. The lowest BCUT2D eigenvalue weighted by Crippen LogP contribution is -2.53. The first kappa shape index (κ1) is 19.0. The second kappa shape index (κ2) is 6.75. The molecule has 0 atom stereocenters. The summed E-state index contributed by atoms with van der Waals surface area (Å²) < 4.78 is 11.6. The number of nitrogens with zero attached hydrogens (tertiary/aromatic N) is 2. The Morgan fingerprint density at radius 1 is 1.33 bits per heavy atom. The standard InChI is InChI=1S/C19H25N3O5/c1-18(2,3)27-17(24)22-8-6-19(7-9-22)11-14(23)13-10-12(16(20)21-25)4-5-15(13)26-19/h4-5,10,25H,6-9,11H2,1-3H3,(H2,20,21). The molecule has 1 spiro atoms. The van der Waals surface area contributed by atoms with Gasteiger partial charge in [0.1, 0.15) is 17.0 Å². The summed E-state index contributed by atoms with van der Waals surface area (Å²) in [7, 11) is 0. The molecule has 146 valence electrons. The molecule has 2 aliphatic rings. The summed E-state index contributed by atoms with van der Waals surface area (Å²) in [6, 6.07) is 4.90. The van der Waals surface area contributed by atoms with Gasteiger partial charge in [-0.05, 0) is 39.0 Å². The van der Waals surface area contributed by atoms with E-state index >= 15 is 0 Å². The predicted octanol–water partition coefficient (Wildman–Crippen LogP) is 2.52. The van der Waals surface area contributed by atoms with Crippen LogP contribution in [0.4, 0.5) is 4.79 Å². The smallest absolute Gasteiger partial charge is 0.410 e. The van der Waals surface area contributed by atoms with Gasteiger partial charge in [-0.1, -0.05) is 5.16 Å². The minimum atomic E-state index is -0.610. The molecule has 27 heavy (non-hydrogen) atoms. The van der Waals surface area contributed by atoms with Crippen molar-refractivity contribution in [2.75, 3.05) is 13.1 Å². The highest BCUT2D eigenvalue weighted by Crippen LogP contribution is 2.39. The molecule has 1 aromatic rings. The molecule has 0 aromatic heterocycles. The quantitative estimate of drug-likeness (QED) is 0.337. The summed E-state index contributed by atoms with van der Waals surface area (Å²) in [5.41, 5.74) is 5.33. The van der Waals surface area contributed by atoms with Gasteiger partial charge in [0, 0.05) is 31.5 Å². The number of rotatable bonds is 1. The number of ketones is 1. The molecule has 8 nitrogen and oxygen atoms in total. The normalized spacial score (nSPS) is 19.4. The van der Waals surface area contributed by atoms with E-state index in [1.165, 1.54) is 0 Å².